The quantitative estimate of drug-likeness (QED) is 0.852. The Kier molecular flexibility index (Phi) is 5.54. The molecule has 0 spiro atoms. The van der Waals surface area contributed by atoms with Crippen LogP contribution in [-0.2, 0) is 13.0 Å². The summed E-state index contributed by atoms with van der Waals surface area (Å²) in [4.78, 5) is 0. The van der Waals surface area contributed by atoms with E-state index in [1.807, 2.05) is 18.2 Å². The lowest BCUT2D eigenvalue weighted by Crippen LogP contribution is -2.20. The largest absolute Gasteiger partial charge is 0.306 e. The van der Waals surface area contributed by atoms with E-state index in [1.165, 1.54) is 11.1 Å². The number of hydrogen-bond acceptors (Lipinski definition) is 2. The van der Waals surface area contributed by atoms with E-state index in [4.69, 9.17) is 5.26 Å². The van der Waals surface area contributed by atoms with Crippen LogP contribution >= 0.6 is 0 Å². The molecule has 2 aromatic carbocycles. The average molecular weight is 278 g/mol. The highest BCUT2D eigenvalue weighted by Gasteiger charge is 2.08. The van der Waals surface area contributed by atoms with Gasteiger partial charge in [0.2, 0.25) is 0 Å². The molecule has 0 amide bonds. The molecule has 0 fully saturated rings. The van der Waals surface area contributed by atoms with Gasteiger partial charge >= 0.3 is 0 Å². The van der Waals surface area contributed by atoms with Gasteiger partial charge in [0.05, 0.1) is 11.6 Å². The summed E-state index contributed by atoms with van der Waals surface area (Å²) in [6.07, 6.45) is 2.12. The Hall–Kier alpha value is -2.11. The van der Waals surface area contributed by atoms with E-state index < -0.39 is 0 Å². The zero-order valence-corrected chi connectivity index (χ0v) is 12.8. The van der Waals surface area contributed by atoms with Gasteiger partial charge in [0.25, 0.3) is 0 Å². The van der Waals surface area contributed by atoms with Crippen molar-refractivity contribution in [3.63, 3.8) is 0 Å². The van der Waals surface area contributed by atoms with E-state index in [0.29, 0.717) is 6.04 Å². The summed E-state index contributed by atoms with van der Waals surface area (Å²) in [5, 5.41) is 12.5. The topological polar surface area (TPSA) is 35.8 Å². The number of nitriles is 1. The van der Waals surface area contributed by atoms with Crippen molar-refractivity contribution < 1.29 is 0 Å². The average Bonchev–Trinajstić information content (AvgIpc) is 2.56. The first-order valence-corrected chi connectivity index (χ1v) is 7.58. The van der Waals surface area contributed by atoms with E-state index in [9.17, 15) is 0 Å². The van der Waals surface area contributed by atoms with Crippen molar-refractivity contribution in [3.05, 3.63) is 70.8 Å². The molecule has 2 rings (SSSR count). The van der Waals surface area contributed by atoms with Crippen LogP contribution in [-0.4, -0.2) is 0 Å². The summed E-state index contributed by atoms with van der Waals surface area (Å²) in [5.74, 6) is 0. The van der Waals surface area contributed by atoms with Crippen molar-refractivity contribution in [2.75, 3.05) is 0 Å². The van der Waals surface area contributed by atoms with E-state index in [2.05, 4.69) is 55.6 Å². The van der Waals surface area contributed by atoms with E-state index in [-0.39, 0.29) is 0 Å². The van der Waals surface area contributed by atoms with Crippen molar-refractivity contribution in [1.29, 1.82) is 5.26 Å². The van der Waals surface area contributed by atoms with Gasteiger partial charge < -0.3 is 5.32 Å². The predicted molar refractivity (Wildman–Crippen MR) is 86.8 cm³/mol. The highest BCUT2D eigenvalue weighted by atomic mass is 14.9. The first-order valence-electron chi connectivity index (χ1n) is 7.58. The molecule has 2 nitrogen and oxygen atoms in total. The standard InChI is InChI=1S/C19H22N2/c1-3-15-8-10-18(11-9-15)19(4-2)21-14-17-7-5-6-16(12-17)13-20/h5-12,19,21H,3-4,14H2,1-2H3. The first kappa shape index (κ1) is 15.3. The molecule has 0 aromatic heterocycles. The summed E-state index contributed by atoms with van der Waals surface area (Å²) in [6.45, 7) is 5.15. The molecule has 1 N–H and O–H groups in total. The minimum absolute atomic E-state index is 0.349. The van der Waals surface area contributed by atoms with Crippen LogP contribution in [0.2, 0.25) is 0 Å². The number of nitrogens with one attached hydrogen (secondary N) is 1. The lowest BCUT2D eigenvalue weighted by atomic mass is 10.0. The molecule has 1 atom stereocenters. The van der Waals surface area contributed by atoms with Crippen molar-refractivity contribution in [3.8, 4) is 6.07 Å². The third kappa shape index (κ3) is 4.18. The van der Waals surface area contributed by atoms with E-state index >= 15 is 0 Å². The van der Waals surface area contributed by atoms with E-state index in [0.717, 1.165) is 30.5 Å². The third-order valence-corrected chi connectivity index (χ3v) is 3.81. The minimum atomic E-state index is 0.349. The summed E-state index contributed by atoms with van der Waals surface area (Å²) < 4.78 is 0. The third-order valence-electron chi connectivity index (χ3n) is 3.81. The van der Waals surface area contributed by atoms with Crippen LogP contribution in [0.5, 0.6) is 0 Å². The first-order chi connectivity index (χ1) is 10.3. The highest BCUT2D eigenvalue weighted by molar-refractivity contribution is 5.33. The Morgan fingerprint density at radius 3 is 2.43 bits per heavy atom. The van der Waals surface area contributed by atoms with Gasteiger partial charge in [-0.15, -0.1) is 0 Å². The fraction of sp³-hybridized carbons (Fsp3) is 0.316. The van der Waals surface area contributed by atoms with Crippen LogP contribution in [0.15, 0.2) is 48.5 Å². The summed E-state index contributed by atoms with van der Waals surface area (Å²) in [5.41, 5.74) is 4.56. The van der Waals surface area contributed by atoms with Crippen molar-refractivity contribution in [2.45, 2.75) is 39.3 Å². The molecule has 0 saturated heterocycles. The van der Waals surface area contributed by atoms with Crippen LogP contribution in [0.3, 0.4) is 0 Å². The van der Waals surface area contributed by atoms with Crippen molar-refractivity contribution in [1.82, 2.24) is 5.32 Å². The van der Waals surface area contributed by atoms with Crippen LogP contribution in [0.4, 0.5) is 0 Å². The summed E-state index contributed by atoms with van der Waals surface area (Å²) in [7, 11) is 0. The van der Waals surface area contributed by atoms with Gasteiger partial charge in [0, 0.05) is 12.6 Å². The van der Waals surface area contributed by atoms with Crippen LogP contribution in [0, 0.1) is 11.3 Å². The van der Waals surface area contributed by atoms with Gasteiger partial charge in [0.15, 0.2) is 0 Å². The molecule has 0 aliphatic heterocycles. The molecular formula is C19H22N2. The number of rotatable bonds is 6. The Bertz CT molecular complexity index is 608. The fourth-order valence-electron chi connectivity index (χ4n) is 2.48. The highest BCUT2D eigenvalue weighted by Crippen LogP contribution is 2.18. The van der Waals surface area contributed by atoms with Gasteiger partial charge in [-0.25, -0.2) is 0 Å². The molecule has 0 saturated carbocycles. The number of aryl methyl sites for hydroxylation is 1. The lowest BCUT2D eigenvalue weighted by Gasteiger charge is -2.18. The van der Waals surface area contributed by atoms with Gasteiger partial charge in [-0.1, -0.05) is 50.2 Å². The molecule has 0 radical (unpaired) electrons. The maximum absolute atomic E-state index is 8.94. The monoisotopic (exact) mass is 278 g/mol. The number of hydrogen-bond donors (Lipinski definition) is 1. The Morgan fingerprint density at radius 2 is 1.81 bits per heavy atom. The van der Waals surface area contributed by atoms with Crippen LogP contribution in [0.1, 0.15) is 48.6 Å². The molecule has 2 aromatic rings. The maximum Gasteiger partial charge on any atom is 0.0991 e. The molecule has 0 aliphatic carbocycles. The molecular weight excluding hydrogens is 256 g/mol. The summed E-state index contributed by atoms with van der Waals surface area (Å²) in [6, 6.07) is 19.1. The fourth-order valence-corrected chi connectivity index (χ4v) is 2.48. The van der Waals surface area contributed by atoms with Gasteiger partial charge in [-0.05, 0) is 41.7 Å². The Morgan fingerprint density at radius 1 is 1.05 bits per heavy atom. The minimum Gasteiger partial charge on any atom is -0.306 e. The molecule has 1 unspecified atom stereocenters. The molecule has 21 heavy (non-hydrogen) atoms. The smallest absolute Gasteiger partial charge is 0.0991 e. The molecule has 0 bridgehead atoms. The molecule has 0 heterocycles. The van der Waals surface area contributed by atoms with Crippen molar-refractivity contribution in [2.24, 2.45) is 0 Å². The number of benzene rings is 2. The molecule has 0 aliphatic rings. The van der Waals surface area contributed by atoms with Crippen molar-refractivity contribution >= 4 is 0 Å². The Balaban J connectivity index is 2.03. The van der Waals surface area contributed by atoms with Gasteiger partial charge in [-0.3, -0.25) is 0 Å². The van der Waals surface area contributed by atoms with Gasteiger partial charge in [-0.2, -0.15) is 5.26 Å². The molecule has 108 valence electrons. The normalized spacial score (nSPS) is 11.9. The molecule has 2 heteroatoms. The number of nitrogens with zero attached hydrogens (tertiary/aromatic N) is 1. The van der Waals surface area contributed by atoms with E-state index in [1.54, 1.807) is 0 Å². The second-order valence-electron chi connectivity index (χ2n) is 5.25. The van der Waals surface area contributed by atoms with Crippen LogP contribution in [0.25, 0.3) is 0 Å². The second-order valence-corrected chi connectivity index (χ2v) is 5.25. The zero-order chi connectivity index (χ0) is 15.1. The van der Waals surface area contributed by atoms with Gasteiger partial charge in [0.1, 0.15) is 0 Å². The summed E-state index contributed by atoms with van der Waals surface area (Å²) >= 11 is 0. The predicted octanol–water partition coefficient (Wildman–Crippen LogP) is 4.36. The van der Waals surface area contributed by atoms with Crippen LogP contribution < -0.4 is 5.32 Å². The Labute approximate surface area is 127 Å². The maximum atomic E-state index is 8.94. The second kappa shape index (κ2) is 7.61. The zero-order valence-electron chi connectivity index (χ0n) is 12.8. The lowest BCUT2D eigenvalue weighted by molar-refractivity contribution is 0.519. The SMILES string of the molecule is CCc1ccc(C(CC)NCc2cccc(C#N)c2)cc1.